The number of aliphatic hydroxyl groups is 1. The van der Waals surface area contributed by atoms with E-state index >= 15 is 0 Å². The second-order valence-corrected chi connectivity index (χ2v) is 4.51. The predicted molar refractivity (Wildman–Crippen MR) is 72.9 cm³/mol. The maximum Gasteiger partial charge on any atom is 0.108 e. The molecule has 4 nitrogen and oxygen atoms in total. The van der Waals surface area contributed by atoms with E-state index in [0.717, 1.165) is 23.1 Å². The number of aliphatic hydroxyl groups excluding tert-OH is 1. The summed E-state index contributed by atoms with van der Waals surface area (Å²) in [6, 6.07) is 8.00. The van der Waals surface area contributed by atoms with Gasteiger partial charge in [-0.05, 0) is 17.5 Å². The van der Waals surface area contributed by atoms with Gasteiger partial charge in [0.15, 0.2) is 0 Å². The zero-order valence-electron chi connectivity index (χ0n) is 10.7. The van der Waals surface area contributed by atoms with E-state index < -0.39 is 6.10 Å². The Morgan fingerprint density at radius 2 is 2.21 bits per heavy atom. The van der Waals surface area contributed by atoms with Crippen molar-refractivity contribution >= 4 is 5.52 Å². The molecule has 96 valence electrons. The first kappa shape index (κ1) is 11.9. The van der Waals surface area contributed by atoms with Crippen LogP contribution in [-0.4, -0.2) is 19.7 Å². The zero-order chi connectivity index (χ0) is 13.2. The van der Waals surface area contributed by atoms with Gasteiger partial charge in [0.05, 0.1) is 17.9 Å². The summed E-state index contributed by atoms with van der Waals surface area (Å²) in [5.74, 6) is 0. The van der Waals surface area contributed by atoms with Crippen LogP contribution in [0.2, 0.25) is 0 Å². The first-order valence-corrected chi connectivity index (χ1v) is 6.33. The normalized spacial score (nSPS) is 12.7. The average Bonchev–Trinajstić information content (AvgIpc) is 2.90. The van der Waals surface area contributed by atoms with E-state index in [1.54, 1.807) is 29.3 Å². The molecule has 1 N–H and O–H groups in total. The molecule has 0 radical (unpaired) electrons. The fourth-order valence-electron chi connectivity index (χ4n) is 2.23. The molecule has 2 heterocycles. The predicted octanol–water partition coefficient (Wildman–Crippen LogP) is 2.37. The highest BCUT2D eigenvalue weighted by Crippen LogP contribution is 2.25. The van der Waals surface area contributed by atoms with Gasteiger partial charge in [-0.2, -0.15) is 5.10 Å². The highest BCUT2D eigenvalue weighted by atomic mass is 16.3. The van der Waals surface area contributed by atoms with Crippen LogP contribution in [0.3, 0.4) is 0 Å². The van der Waals surface area contributed by atoms with Gasteiger partial charge in [-0.3, -0.25) is 4.98 Å². The van der Waals surface area contributed by atoms with Gasteiger partial charge in [0.25, 0.3) is 0 Å². The van der Waals surface area contributed by atoms with E-state index in [4.69, 9.17) is 0 Å². The molecule has 0 spiro atoms. The summed E-state index contributed by atoms with van der Waals surface area (Å²) in [7, 11) is 0. The zero-order valence-corrected chi connectivity index (χ0v) is 10.7. The van der Waals surface area contributed by atoms with Crippen LogP contribution in [0.25, 0.3) is 5.52 Å². The van der Waals surface area contributed by atoms with E-state index in [2.05, 4.69) is 23.1 Å². The summed E-state index contributed by atoms with van der Waals surface area (Å²) in [5, 5.41) is 14.7. The molecule has 3 rings (SSSR count). The monoisotopic (exact) mass is 253 g/mol. The molecule has 1 unspecified atom stereocenters. The van der Waals surface area contributed by atoms with Crippen LogP contribution in [0.4, 0.5) is 0 Å². The van der Waals surface area contributed by atoms with Crippen molar-refractivity contribution in [3.05, 3.63) is 65.7 Å². The Morgan fingerprint density at radius 3 is 3.05 bits per heavy atom. The number of rotatable bonds is 3. The molecular weight excluding hydrogens is 238 g/mol. The number of benzene rings is 1. The van der Waals surface area contributed by atoms with Crippen LogP contribution in [0.15, 0.2) is 49.1 Å². The summed E-state index contributed by atoms with van der Waals surface area (Å²) in [5.41, 5.74) is 3.71. The molecule has 0 aliphatic rings. The van der Waals surface area contributed by atoms with Gasteiger partial charge in [-0.25, -0.2) is 4.52 Å². The minimum Gasteiger partial charge on any atom is -0.384 e. The third-order valence-corrected chi connectivity index (χ3v) is 3.32. The summed E-state index contributed by atoms with van der Waals surface area (Å²) >= 11 is 0. The van der Waals surface area contributed by atoms with Crippen LogP contribution in [0, 0.1) is 0 Å². The number of aromatic nitrogens is 3. The van der Waals surface area contributed by atoms with Crippen molar-refractivity contribution in [3.63, 3.8) is 0 Å². The molecule has 4 heteroatoms. The quantitative estimate of drug-likeness (QED) is 0.779. The number of aryl methyl sites for hydroxylation is 1. The molecule has 2 aromatic heterocycles. The summed E-state index contributed by atoms with van der Waals surface area (Å²) < 4.78 is 1.72. The lowest BCUT2D eigenvalue weighted by Gasteiger charge is -2.11. The number of hydrogen-bond donors (Lipinski definition) is 1. The summed E-state index contributed by atoms with van der Waals surface area (Å²) in [4.78, 5) is 4.08. The fraction of sp³-hybridized carbons (Fsp3) is 0.200. The number of fused-ring (bicyclic) bond motifs is 1. The van der Waals surface area contributed by atoms with Crippen molar-refractivity contribution in [2.45, 2.75) is 19.4 Å². The highest BCUT2D eigenvalue weighted by molar-refractivity contribution is 5.55. The molecule has 0 amide bonds. The second kappa shape index (κ2) is 4.82. The van der Waals surface area contributed by atoms with Gasteiger partial charge >= 0.3 is 0 Å². The van der Waals surface area contributed by atoms with Crippen LogP contribution >= 0.6 is 0 Å². The van der Waals surface area contributed by atoms with Crippen molar-refractivity contribution < 1.29 is 5.11 Å². The van der Waals surface area contributed by atoms with E-state index in [1.807, 2.05) is 18.2 Å². The van der Waals surface area contributed by atoms with Crippen molar-refractivity contribution in [3.8, 4) is 0 Å². The molecule has 19 heavy (non-hydrogen) atoms. The molecule has 0 fully saturated rings. The third kappa shape index (κ3) is 2.11. The Labute approximate surface area is 111 Å². The minimum absolute atomic E-state index is 0.673. The Hall–Kier alpha value is -2.20. The smallest absolute Gasteiger partial charge is 0.108 e. The standard InChI is InChI=1S/C15H15N3O/c1-2-11-4-3-5-12(8-11)15(19)13-9-17-18-7-6-16-10-14(13)18/h3-10,15,19H,2H2,1H3. The van der Waals surface area contributed by atoms with E-state index in [9.17, 15) is 5.11 Å². The maximum atomic E-state index is 10.5. The Kier molecular flexibility index (Phi) is 3.01. The van der Waals surface area contributed by atoms with E-state index in [0.29, 0.717) is 0 Å². The first-order chi connectivity index (χ1) is 9.29. The molecule has 0 saturated carbocycles. The number of nitrogens with zero attached hydrogens (tertiary/aromatic N) is 3. The third-order valence-electron chi connectivity index (χ3n) is 3.32. The summed E-state index contributed by atoms with van der Waals surface area (Å²) in [6.45, 7) is 2.10. The van der Waals surface area contributed by atoms with Crippen molar-refractivity contribution in [1.82, 2.24) is 14.6 Å². The van der Waals surface area contributed by atoms with Crippen LogP contribution in [0.5, 0.6) is 0 Å². The van der Waals surface area contributed by atoms with E-state index in [1.165, 1.54) is 5.56 Å². The highest BCUT2D eigenvalue weighted by Gasteiger charge is 2.15. The molecule has 0 bridgehead atoms. The molecule has 0 aliphatic heterocycles. The number of hydrogen-bond acceptors (Lipinski definition) is 3. The van der Waals surface area contributed by atoms with Crippen LogP contribution in [-0.2, 0) is 6.42 Å². The van der Waals surface area contributed by atoms with Gasteiger partial charge in [0.2, 0.25) is 0 Å². The SMILES string of the molecule is CCc1cccc(C(O)c2cnn3ccncc23)c1. The maximum absolute atomic E-state index is 10.5. The van der Waals surface area contributed by atoms with Crippen LogP contribution in [0.1, 0.15) is 29.7 Å². The summed E-state index contributed by atoms with van der Waals surface area (Å²) in [6.07, 6.45) is 7.14. The fourth-order valence-corrected chi connectivity index (χ4v) is 2.23. The Morgan fingerprint density at radius 1 is 1.32 bits per heavy atom. The van der Waals surface area contributed by atoms with Gasteiger partial charge < -0.3 is 5.11 Å². The lowest BCUT2D eigenvalue weighted by atomic mass is 10.0. The van der Waals surface area contributed by atoms with Crippen LogP contribution < -0.4 is 0 Å². The molecular formula is C15H15N3O. The molecule has 1 aromatic carbocycles. The van der Waals surface area contributed by atoms with Crippen molar-refractivity contribution in [1.29, 1.82) is 0 Å². The molecule has 3 aromatic rings. The van der Waals surface area contributed by atoms with Gasteiger partial charge in [0, 0.05) is 18.0 Å². The minimum atomic E-state index is -0.673. The molecule has 0 aliphatic carbocycles. The average molecular weight is 253 g/mol. The van der Waals surface area contributed by atoms with Gasteiger partial charge in [0.1, 0.15) is 6.10 Å². The lowest BCUT2D eigenvalue weighted by molar-refractivity contribution is 0.221. The van der Waals surface area contributed by atoms with Gasteiger partial charge in [-0.15, -0.1) is 0 Å². The lowest BCUT2D eigenvalue weighted by Crippen LogP contribution is -2.00. The Balaban J connectivity index is 2.05. The molecule has 0 saturated heterocycles. The topological polar surface area (TPSA) is 50.4 Å². The largest absolute Gasteiger partial charge is 0.384 e. The Bertz CT molecular complexity index is 705. The molecule has 1 atom stereocenters. The van der Waals surface area contributed by atoms with E-state index in [-0.39, 0.29) is 0 Å². The first-order valence-electron chi connectivity index (χ1n) is 6.33. The van der Waals surface area contributed by atoms with Crippen molar-refractivity contribution in [2.24, 2.45) is 0 Å². The van der Waals surface area contributed by atoms with Crippen molar-refractivity contribution in [2.75, 3.05) is 0 Å². The second-order valence-electron chi connectivity index (χ2n) is 4.51. The van der Waals surface area contributed by atoms with Gasteiger partial charge in [-0.1, -0.05) is 31.2 Å².